The largest absolute Gasteiger partial charge is 0.478 e. The first-order valence-corrected chi connectivity index (χ1v) is 13.5. The van der Waals surface area contributed by atoms with Crippen molar-refractivity contribution >= 4 is 17.7 Å². The number of ketones is 1. The summed E-state index contributed by atoms with van der Waals surface area (Å²) in [7, 11) is 0. The summed E-state index contributed by atoms with van der Waals surface area (Å²) >= 11 is 0. The van der Waals surface area contributed by atoms with E-state index in [0.717, 1.165) is 42.4 Å². The van der Waals surface area contributed by atoms with E-state index in [4.69, 9.17) is 9.84 Å². The minimum atomic E-state index is -0.926. The molecule has 0 aromatic carbocycles. The Morgan fingerprint density at radius 2 is 1.57 bits per heavy atom. The number of fused-ring (bicyclic) bond motifs is 3. The van der Waals surface area contributed by atoms with Crippen LogP contribution in [0.4, 0.5) is 0 Å². The molecule has 0 heterocycles. The highest BCUT2D eigenvalue weighted by molar-refractivity contribution is 6.00. The zero-order valence-corrected chi connectivity index (χ0v) is 23.8. The van der Waals surface area contributed by atoms with Crippen LogP contribution in [0.3, 0.4) is 0 Å². The molecule has 3 aliphatic rings. The maximum atomic E-state index is 13.5. The van der Waals surface area contributed by atoms with Crippen LogP contribution >= 0.6 is 0 Å². The van der Waals surface area contributed by atoms with Gasteiger partial charge in [0.25, 0.3) is 0 Å². The zero-order valence-electron chi connectivity index (χ0n) is 23.8. The summed E-state index contributed by atoms with van der Waals surface area (Å²) in [5.74, 6) is -0.184. The van der Waals surface area contributed by atoms with Crippen molar-refractivity contribution in [2.24, 2.45) is 28.1 Å². The maximum absolute atomic E-state index is 13.5. The molecule has 0 aromatic rings. The zero-order chi connectivity index (χ0) is 27.8. The van der Waals surface area contributed by atoms with Gasteiger partial charge >= 0.3 is 11.9 Å². The number of esters is 1. The second-order valence-electron chi connectivity index (χ2n) is 12.5. The lowest BCUT2D eigenvalue weighted by molar-refractivity contribution is -0.185. The number of aliphatic carboxylic acids is 1. The molecule has 0 aliphatic heterocycles. The first kappa shape index (κ1) is 28.9. The Bertz CT molecular complexity index is 1110. The minimum absolute atomic E-state index is 0.0252. The third-order valence-electron chi connectivity index (χ3n) is 9.68. The number of Topliss-reactive ketones (excluding diaryl/α,β-unsaturated/α-hetero) is 1. The number of hydrogen-bond acceptors (Lipinski definition) is 4. The van der Waals surface area contributed by atoms with Crippen LogP contribution in [0.2, 0.25) is 0 Å². The molecule has 0 bridgehead atoms. The van der Waals surface area contributed by atoms with E-state index in [-0.39, 0.29) is 45.6 Å². The molecular formula is C32H44O5. The first-order valence-electron chi connectivity index (χ1n) is 13.5. The Morgan fingerprint density at radius 1 is 0.919 bits per heavy atom. The van der Waals surface area contributed by atoms with E-state index in [9.17, 15) is 14.4 Å². The highest BCUT2D eigenvalue weighted by Crippen LogP contribution is 2.69. The fraction of sp³-hybridized carbons (Fsp3) is 0.594. The molecule has 5 nitrogen and oxygen atoms in total. The van der Waals surface area contributed by atoms with Crippen LogP contribution in [-0.2, 0) is 19.1 Å². The molecule has 3 saturated carbocycles. The Balaban J connectivity index is 1.85. The number of ether oxygens (including phenoxy) is 1. The van der Waals surface area contributed by atoms with E-state index < -0.39 is 5.97 Å². The van der Waals surface area contributed by atoms with Crippen molar-refractivity contribution in [2.45, 2.75) is 93.6 Å². The smallest absolute Gasteiger partial charge is 0.331 e. The van der Waals surface area contributed by atoms with Gasteiger partial charge in [-0.3, -0.25) is 9.59 Å². The van der Waals surface area contributed by atoms with Gasteiger partial charge in [0, 0.05) is 35.3 Å². The highest BCUT2D eigenvalue weighted by Gasteiger charge is 2.65. The average Bonchev–Trinajstić information content (AvgIpc) is 3.06. The SMILES string of the molecule is CC(=O)O[C@H]1CC[C@@]2(C)[C@@H](CC[C@]3(C)/C(=C(C)/C=C/C=C(C)/C=C/C=C(\C)C(=O)O)C(=O)C[C@@H]23)C1(C)C. The summed E-state index contributed by atoms with van der Waals surface area (Å²) < 4.78 is 5.76. The summed E-state index contributed by atoms with van der Waals surface area (Å²) in [5, 5.41) is 8.95. The maximum Gasteiger partial charge on any atom is 0.331 e. The topological polar surface area (TPSA) is 80.7 Å². The molecule has 1 N–H and O–H groups in total. The summed E-state index contributed by atoms with van der Waals surface area (Å²) in [6.07, 6.45) is 15.5. The molecule has 0 aromatic heterocycles. The molecule has 0 saturated heterocycles. The van der Waals surface area contributed by atoms with Crippen molar-refractivity contribution < 1.29 is 24.2 Å². The van der Waals surface area contributed by atoms with E-state index in [1.165, 1.54) is 6.92 Å². The van der Waals surface area contributed by atoms with Crippen molar-refractivity contribution in [2.75, 3.05) is 0 Å². The molecule has 0 radical (unpaired) electrons. The molecule has 3 fully saturated rings. The summed E-state index contributed by atoms with van der Waals surface area (Å²) in [6.45, 7) is 16.2. The van der Waals surface area contributed by atoms with E-state index in [2.05, 4.69) is 27.7 Å². The fourth-order valence-electron chi connectivity index (χ4n) is 7.87. The number of carbonyl (C=O) groups is 3. The molecule has 3 aliphatic carbocycles. The Morgan fingerprint density at radius 3 is 2.19 bits per heavy atom. The molecule has 3 rings (SSSR count). The van der Waals surface area contributed by atoms with E-state index in [1.54, 1.807) is 19.1 Å². The molecule has 0 amide bonds. The molecule has 202 valence electrons. The van der Waals surface area contributed by atoms with Crippen molar-refractivity contribution in [1.82, 2.24) is 0 Å². The average molecular weight is 509 g/mol. The van der Waals surface area contributed by atoms with Gasteiger partial charge in [-0.15, -0.1) is 0 Å². The van der Waals surface area contributed by atoms with Crippen molar-refractivity contribution in [3.63, 3.8) is 0 Å². The molecule has 5 atom stereocenters. The summed E-state index contributed by atoms with van der Waals surface area (Å²) in [4.78, 5) is 36.1. The Kier molecular flexibility index (Phi) is 8.26. The lowest BCUT2D eigenvalue weighted by atomic mass is 9.43. The minimum Gasteiger partial charge on any atom is -0.478 e. The predicted molar refractivity (Wildman–Crippen MR) is 147 cm³/mol. The van der Waals surface area contributed by atoms with Crippen LogP contribution in [0.25, 0.3) is 0 Å². The second kappa shape index (κ2) is 10.6. The van der Waals surface area contributed by atoms with Gasteiger partial charge in [-0.2, -0.15) is 0 Å². The van der Waals surface area contributed by atoms with Gasteiger partial charge in [0.2, 0.25) is 0 Å². The molecule has 37 heavy (non-hydrogen) atoms. The Labute approximate surface area is 222 Å². The predicted octanol–water partition coefficient (Wildman–Crippen LogP) is 7.16. The summed E-state index contributed by atoms with van der Waals surface area (Å²) in [5.41, 5.74) is 3.03. The van der Waals surface area contributed by atoms with Gasteiger partial charge in [-0.1, -0.05) is 69.7 Å². The Hall–Kier alpha value is -2.69. The number of allylic oxidation sites excluding steroid dienone is 9. The van der Waals surface area contributed by atoms with Crippen LogP contribution in [0.15, 0.2) is 58.7 Å². The fourth-order valence-corrected chi connectivity index (χ4v) is 7.87. The van der Waals surface area contributed by atoms with Crippen LogP contribution in [0.5, 0.6) is 0 Å². The number of hydrogen-bond donors (Lipinski definition) is 1. The highest BCUT2D eigenvalue weighted by atomic mass is 16.5. The van der Waals surface area contributed by atoms with Gasteiger partial charge in [0.05, 0.1) is 0 Å². The standard InChI is InChI=1S/C32H44O5/c1-20(12-10-14-22(3)29(35)36)11-9-13-21(2)28-24(34)19-26-31(7)18-16-27(37-23(4)33)30(5,6)25(31)15-17-32(26,28)8/h9-14,25-27H,15-19H2,1-8H3,(H,35,36)/b12-10+,13-9+,20-11+,22-14+,28-21+/t25-,26-,27-,31-,32-/m0/s1. The molecular weight excluding hydrogens is 464 g/mol. The lowest BCUT2D eigenvalue weighted by Gasteiger charge is -2.62. The lowest BCUT2D eigenvalue weighted by Crippen LogP contribution is -2.58. The first-order chi connectivity index (χ1) is 17.1. The van der Waals surface area contributed by atoms with Gasteiger partial charge in [-0.25, -0.2) is 4.79 Å². The van der Waals surface area contributed by atoms with Crippen molar-refractivity contribution in [3.05, 3.63) is 58.7 Å². The van der Waals surface area contributed by atoms with Gasteiger partial charge in [0.1, 0.15) is 6.10 Å². The van der Waals surface area contributed by atoms with E-state index in [0.29, 0.717) is 12.3 Å². The quantitative estimate of drug-likeness (QED) is 0.234. The van der Waals surface area contributed by atoms with E-state index in [1.807, 2.05) is 38.2 Å². The molecule has 5 heteroatoms. The van der Waals surface area contributed by atoms with Crippen LogP contribution in [0.1, 0.15) is 87.5 Å². The monoisotopic (exact) mass is 508 g/mol. The van der Waals surface area contributed by atoms with E-state index >= 15 is 0 Å². The van der Waals surface area contributed by atoms with Crippen molar-refractivity contribution in [1.29, 1.82) is 0 Å². The third-order valence-corrected chi connectivity index (χ3v) is 9.68. The van der Waals surface area contributed by atoms with Crippen LogP contribution < -0.4 is 0 Å². The van der Waals surface area contributed by atoms with Gasteiger partial charge < -0.3 is 9.84 Å². The normalized spacial score (nSPS) is 35.5. The summed E-state index contributed by atoms with van der Waals surface area (Å²) in [6, 6.07) is 0. The third kappa shape index (κ3) is 5.46. The number of carboxylic acids is 1. The number of rotatable bonds is 6. The second-order valence-corrected chi connectivity index (χ2v) is 12.5. The van der Waals surface area contributed by atoms with Crippen LogP contribution in [0, 0.1) is 28.1 Å². The molecule has 0 spiro atoms. The van der Waals surface area contributed by atoms with Gasteiger partial charge in [0.15, 0.2) is 5.78 Å². The number of carbonyl (C=O) groups excluding carboxylic acids is 2. The van der Waals surface area contributed by atoms with Crippen molar-refractivity contribution in [3.8, 4) is 0 Å². The number of carboxylic acid groups (broad SMARTS) is 1. The molecule has 0 unspecified atom stereocenters. The van der Waals surface area contributed by atoms with Gasteiger partial charge in [-0.05, 0) is 69.3 Å². The van der Waals surface area contributed by atoms with Crippen LogP contribution in [-0.4, -0.2) is 28.9 Å².